The third kappa shape index (κ3) is 3.22. The van der Waals surface area contributed by atoms with Gasteiger partial charge in [-0.25, -0.2) is 18.4 Å². The molecule has 0 spiro atoms. The highest BCUT2D eigenvalue weighted by Gasteiger charge is 2.27. The lowest BCUT2D eigenvalue weighted by Gasteiger charge is -2.12. The fraction of sp³-hybridized carbons (Fsp3) is 0.300. The molecule has 0 aliphatic carbocycles. The number of nitrogens with one attached hydrogen (secondary N) is 3. The summed E-state index contributed by atoms with van der Waals surface area (Å²) in [5.41, 5.74) is 0.515. The summed E-state index contributed by atoms with van der Waals surface area (Å²) in [6, 6.07) is -1.30. The van der Waals surface area contributed by atoms with Gasteiger partial charge in [0.15, 0.2) is 5.03 Å². The highest BCUT2D eigenvalue weighted by atomic mass is 32.2. The molecule has 108 valence electrons. The van der Waals surface area contributed by atoms with Crippen LogP contribution in [0.25, 0.3) is 0 Å². The van der Waals surface area contributed by atoms with Crippen molar-refractivity contribution in [3.63, 3.8) is 0 Å². The minimum absolute atomic E-state index is 0.0400. The minimum Gasteiger partial charge on any atom is -0.480 e. The summed E-state index contributed by atoms with van der Waals surface area (Å²) in [5, 5.41) is 8.93. The molecule has 2 aromatic heterocycles. The monoisotopic (exact) mass is 299 g/mol. The molecule has 20 heavy (non-hydrogen) atoms. The number of aromatic nitrogens is 4. The van der Waals surface area contributed by atoms with Crippen molar-refractivity contribution in [2.75, 3.05) is 0 Å². The lowest BCUT2D eigenvalue weighted by atomic mass is 10.2. The molecule has 0 fully saturated rings. The Morgan fingerprint density at radius 3 is 2.75 bits per heavy atom. The Morgan fingerprint density at radius 1 is 1.50 bits per heavy atom. The summed E-state index contributed by atoms with van der Waals surface area (Å²) in [6.45, 7) is 1.60. The van der Waals surface area contributed by atoms with Gasteiger partial charge in [0.25, 0.3) is 10.0 Å². The Balaban J connectivity index is 2.17. The van der Waals surface area contributed by atoms with Crippen LogP contribution in [-0.4, -0.2) is 45.5 Å². The van der Waals surface area contributed by atoms with E-state index in [1.165, 1.54) is 12.5 Å². The number of aryl methyl sites for hydroxylation is 1. The van der Waals surface area contributed by atoms with Crippen molar-refractivity contribution in [1.82, 2.24) is 24.7 Å². The van der Waals surface area contributed by atoms with Gasteiger partial charge in [0.05, 0.1) is 12.5 Å². The van der Waals surface area contributed by atoms with Crippen LogP contribution in [0.1, 0.15) is 11.5 Å². The van der Waals surface area contributed by atoms with Crippen LogP contribution in [0.3, 0.4) is 0 Å². The van der Waals surface area contributed by atoms with E-state index in [1.54, 1.807) is 6.92 Å². The summed E-state index contributed by atoms with van der Waals surface area (Å²) in [4.78, 5) is 23.9. The number of hydrogen-bond acceptors (Lipinski definition) is 5. The number of H-pyrrole nitrogens is 2. The Kier molecular flexibility index (Phi) is 3.86. The summed E-state index contributed by atoms with van der Waals surface area (Å²) >= 11 is 0. The maximum atomic E-state index is 12.0. The SMILES string of the molecule is Cc1ncc(S(=O)(=O)NC(Cc2cnc[nH]2)C(=O)O)[nH]1. The Bertz CT molecular complexity index is 691. The zero-order chi connectivity index (χ0) is 14.8. The van der Waals surface area contributed by atoms with E-state index in [1.807, 2.05) is 0 Å². The number of hydrogen-bond donors (Lipinski definition) is 4. The topological polar surface area (TPSA) is 141 Å². The predicted molar refractivity (Wildman–Crippen MR) is 67.4 cm³/mol. The lowest BCUT2D eigenvalue weighted by molar-refractivity contribution is -0.138. The molecule has 9 nitrogen and oxygen atoms in total. The van der Waals surface area contributed by atoms with Crippen molar-refractivity contribution in [3.05, 3.63) is 30.2 Å². The number of imidazole rings is 2. The first-order chi connectivity index (χ1) is 9.38. The number of carboxylic acids is 1. The van der Waals surface area contributed by atoms with Gasteiger partial charge in [0.1, 0.15) is 11.9 Å². The van der Waals surface area contributed by atoms with Crippen LogP contribution in [0.15, 0.2) is 23.7 Å². The molecule has 2 heterocycles. The molecule has 0 aromatic carbocycles. The summed E-state index contributed by atoms with van der Waals surface area (Å²) in [7, 11) is -3.97. The van der Waals surface area contributed by atoms with Gasteiger partial charge in [-0.15, -0.1) is 0 Å². The smallest absolute Gasteiger partial charge is 0.322 e. The standard InChI is InChI=1S/C10H13N5O4S/c1-6-12-4-9(14-6)20(18,19)15-8(10(16)17)2-7-3-11-5-13-7/h3-5,8,15H,2H2,1H3,(H,11,13)(H,12,14)(H,16,17). The van der Waals surface area contributed by atoms with E-state index in [-0.39, 0.29) is 11.4 Å². The molecule has 0 saturated carbocycles. The Labute approximate surface area is 114 Å². The van der Waals surface area contributed by atoms with Crippen molar-refractivity contribution in [3.8, 4) is 0 Å². The number of rotatable bonds is 6. The normalized spacial score (nSPS) is 13.2. The van der Waals surface area contributed by atoms with Crippen LogP contribution in [0, 0.1) is 6.92 Å². The molecular formula is C10H13N5O4S. The molecule has 0 radical (unpaired) electrons. The third-order valence-electron chi connectivity index (χ3n) is 2.54. The number of aliphatic carboxylic acids is 1. The molecule has 0 aliphatic heterocycles. The second-order valence-electron chi connectivity index (χ2n) is 4.13. The van der Waals surface area contributed by atoms with Crippen molar-refractivity contribution < 1.29 is 18.3 Å². The van der Waals surface area contributed by atoms with E-state index in [4.69, 9.17) is 5.11 Å². The summed E-state index contributed by atoms with van der Waals surface area (Å²) < 4.78 is 26.1. The van der Waals surface area contributed by atoms with Crippen LogP contribution >= 0.6 is 0 Å². The molecule has 1 atom stereocenters. The van der Waals surface area contributed by atoms with E-state index in [0.717, 1.165) is 6.20 Å². The summed E-state index contributed by atoms with van der Waals surface area (Å²) in [5.74, 6) is -0.856. The van der Waals surface area contributed by atoms with Crippen molar-refractivity contribution in [1.29, 1.82) is 0 Å². The molecular weight excluding hydrogens is 286 g/mol. The highest BCUT2D eigenvalue weighted by Crippen LogP contribution is 2.08. The molecule has 1 unspecified atom stereocenters. The van der Waals surface area contributed by atoms with Gasteiger partial charge < -0.3 is 15.1 Å². The van der Waals surface area contributed by atoms with E-state index < -0.39 is 22.0 Å². The molecule has 10 heteroatoms. The molecule has 0 bridgehead atoms. The predicted octanol–water partition coefficient (Wildman–Crippen LogP) is -0.585. The van der Waals surface area contributed by atoms with Gasteiger partial charge in [-0.2, -0.15) is 4.72 Å². The van der Waals surface area contributed by atoms with Crippen molar-refractivity contribution in [2.45, 2.75) is 24.4 Å². The molecule has 0 saturated heterocycles. The van der Waals surface area contributed by atoms with Gasteiger partial charge >= 0.3 is 5.97 Å². The molecule has 0 amide bonds. The van der Waals surface area contributed by atoms with Crippen molar-refractivity contribution in [2.24, 2.45) is 0 Å². The lowest BCUT2D eigenvalue weighted by Crippen LogP contribution is -2.42. The van der Waals surface area contributed by atoms with Crippen molar-refractivity contribution >= 4 is 16.0 Å². The van der Waals surface area contributed by atoms with E-state index in [9.17, 15) is 13.2 Å². The van der Waals surface area contributed by atoms with Gasteiger partial charge in [-0.05, 0) is 6.92 Å². The number of sulfonamides is 1. The fourth-order valence-electron chi connectivity index (χ4n) is 1.58. The number of carboxylic acid groups (broad SMARTS) is 1. The Hall–Kier alpha value is -2.20. The van der Waals surface area contributed by atoms with Crippen LogP contribution in [0.4, 0.5) is 0 Å². The Morgan fingerprint density at radius 2 is 2.25 bits per heavy atom. The van der Waals surface area contributed by atoms with Crippen LogP contribution in [-0.2, 0) is 21.2 Å². The molecule has 2 rings (SSSR count). The average Bonchev–Trinajstić information content (AvgIpc) is 2.99. The third-order valence-corrected chi connectivity index (χ3v) is 3.92. The van der Waals surface area contributed by atoms with Gasteiger partial charge in [0, 0.05) is 18.3 Å². The van der Waals surface area contributed by atoms with E-state index >= 15 is 0 Å². The maximum absolute atomic E-state index is 12.0. The second kappa shape index (κ2) is 5.43. The molecule has 0 aliphatic rings. The van der Waals surface area contributed by atoms with Crippen LogP contribution in [0.5, 0.6) is 0 Å². The first kappa shape index (κ1) is 14.2. The quantitative estimate of drug-likeness (QED) is 0.562. The largest absolute Gasteiger partial charge is 0.480 e. The second-order valence-corrected chi connectivity index (χ2v) is 5.81. The van der Waals surface area contributed by atoms with Gasteiger partial charge in [-0.1, -0.05) is 0 Å². The average molecular weight is 299 g/mol. The number of carbonyl (C=O) groups is 1. The van der Waals surface area contributed by atoms with Crippen LogP contribution < -0.4 is 4.72 Å². The maximum Gasteiger partial charge on any atom is 0.322 e. The first-order valence-corrected chi connectivity index (χ1v) is 7.11. The van der Waals surface area contributed by atoms with Gasteiger partial charge in [0.2, 0.25) is 0 Å². The number of nitrogens with zero attached hydrogens (tertiary/aromatic N) is 2. The fourth-order valence-corrected chi connectivity index (χ4v) is 2.74. The van der Waals surface area contributed by atoms with E-state index in [2.05, 4.69) is 24.7 Å². The zero-order valence-corrected chi connectivity index (χ0v) is 11.3. The van der Waals surface area contributed by atoms with Crippen LogP contribution in [0.2, 0.25) is 0 Å². The molecule has 2 aromatic rings. The zero-order valence-electron chi connectivity index (χ0n) is 10.5. The highest BCUT2D eigenvalue weighted by molar-refractivity contribution is 7.89. The minimum atomic E-state index is -3.97. The first-order valence-electron chi connectivity index (χ1n) is 5.62. The number of aromatic amines is 2. The van der Waals surface area contributed by atoms with Gasteiger partial charge in [-0.3, -0.25) is 4.79 Å². The summed E-state index contributed by atoms with van der Waals surface area (Å²) in [6.07, 6.45) is 3.92. The van der Waals surface area contributed by atoms with E-state index in [0.29, 0.717) is 11.5 Å². The molecule has 4 N–H and O–H groups in total.